The zero-order valence-corrected chi connectivity index (χ0v) is 16.2. The van der Waals surface area contributed by atoms with E-state index in [4.69, 9.17) is 14.0 Å². The first-order valence-corrected chi connectivity index (χ1v) is 9.07. The van der Waals surface area contributed by atoms with Gasteiger partial charge in [0.25, 0.3) is 5.91 Å². The molecule has 146 valence electrons. The van der Waals surface area contributed by atoms with Crippen molar-refractivity contribution >= 4 is 17.7 Å². The molecule has 2 atom stereocenters. The van der Waals surface area contributed by atoms with Crippen LogP contribution < -0.4 is 10.1 Å². The van der Waals surface area contributed by atoms with Crippen LogP contribution in [0.1, 0.15) is 44.4 Å². The Balaban J connectivity index is 1.97. The molecule has 0 saturated carbocycles. The molecule has 27 heavy (non-hydrogen) atoms. The van der Waals surface area contributed by atoms with Gasteiger partial charge in [-0.05, 0) is 45.7 Å². The molecule has 1 heterocycles. The molecule has 0 aliphatic carbocycles. The molecule has 0 aliphatic rings. The number of ether oxygens (including phenoxy) is 2. The van der Waals surface area contributed by atoms with Gasteiger partial charge in [0.1, 0.15) is 11.5 Å². The number of carbonyl (C=O) groups excluding carboxylic acids is 2. The van der Waals surface area contributed by atoms with Crippen LogP contribution >= 0.6 is 0 Å². The van der Waals surface area contributed by atoms with Crippen molar-refractivity contribution in [3.05, 3.63) is 41.7 Å². The third kappa shape index (κ3) is 6.44. The number of rotatable bonds is 9. The number of benzene rings is 1. The van der Waals surface area contributed by atoms with Gasteiger partial charge in [0.2, 0.25) is 0 Å². The first-order valence-electron chi connectivity index (χ1n) is 9.07. The molecule has 0 fully saturated rings. The second kappa shape index (κ2) is 9.75. The molecule has 1 aromatic heterocycles. The fourth-order valence-corrected chi connectivity index (χ4v) is 2.37. The summed E-state index contributed by atoms with van der Waals surface area (Å²) in [5.74, 6) is 0.403. The van der Waals surface area contributed by atoms with E-state index in [9.17, 15) is 9.59 Å². The van der Waals surface area contributed by atoms with Crippen LogP contribution in [0.5, 0.6) is 5.75 Å². The monoisotopic (exact) mass is 374 g/mol. The van der Waals surface area contributed by atoms with E-state index in [0.717, 1.165) is 18.4 Å². The van der Waals surface area contributed by atoms with E-state index in [1.165, 1.54) is 0 Å². The lowest BCUT2D eigenvalue weighted by molar-refractivity contribution is -0.161. The first kappa shape index (κ1) is 20.5. The molecule has 1 amide bonds. The van der Waals surface area contributed by atoms with E-state index in [2.05, 4.69) is 10.5 Å². The van der Waals surface area contributed by atoms with E-state index < -0.39 is 24.1 Å². The van der Waals surface area contributed by atoms with Crippen LogP contribution in [0.25, 0.3) is 0 Å². The van der Waals surface area contributed by atoms with Gasteiger partial charge >= 0.3 is 5.97 Å². The Morgan fingerprint density at radius 3 is 2.52 bits per heavy atom. The second-order valence-electron chi connectivity index (χ2n) is 6.45. The molecular weight excluding hydrogens is 348 g/mol. The van der Waals surface area contributed by atoms with Crippen LogP contribution in [0.2, 0.25) is 0 Å². The summed E-state index contributed by atoms with van der Waals surface area (Å²) in [4.78, 5) is 24.9. The highest BCUT2D eigenvalue weighted by molar-refractivity contribution is 5.94. The summed E-state index contributed by atoms with van der Waals surface area (Å²) >= 11 is 0. The number of aromatic nitrogens is 1. The number of esters is 1. The molecule has 0 spiro atoms. The molecule has 2 aromatic rings. The van der Waals surface area contributed by atoms with Crippen LogP contribution in [-0.4, -0.2) is 29.2 Å². The molecule has 0 radical (unpaired) electrons. The number of carbonyl (C=O) groups is 2. The Bertz CT molecular complexity index is 754. The van der Waals surface area contributed by atoms with Crippen molar-refractivity contribution in [1.82, 2.24) is 5.16 Å². The van der Waals surface area contributed by atoms with Crippen molar-refractivity contribution in [3.63, 3.8) is 0 Å². The highest BCUT2D eigenvalue weighted by atomic mass is 16.6. The Hall–Kier alpha value is -2.83. The van der Waals surface area contributed by atoms with Crippen LogP contribution in [0.15, 0.2) is 34.9 Å². The Morgan fingerprint density at radius 2 is 1.93 bits per heavy atom. The lowest BCUT2D eigenvalue weighted by Crippen LogP contribution is -2.37. The van der Waals surface area contributed by atoms with Crippen LogP contribution in [0, 0.1) is 13.8 Å². The summed E-state index contributed by atoms with van der Waals surface area (Å²) < 4.78 is 15.9. The summed E-state index contributed by atoms with van der Waals surface area (Å²) in [5, 5.41) is 6.33. The molecule has 7 heteroatoms. The van der Waals surface area contributed by atoms with Gasteiger partial charge in [0.15, 0.2) is 18.0 Å². The fraction of sp³-hybridized carbons (Fsp3) is 0.450. The molecule has 0 aliphatic heterocycles. The molecule has 0 bridgehead atoms. The topological polar surface area (TPSA) is 90.7 Å². The van der Waals surface area contributed by atoms with Crippen LogP contribution in [0.4, 0.5) is 5.82 Å². The number of amides is 1. The number of unbranched alkanes of at least 4 members (excludes halogenated alkanes) is 1. The number of hydrogen-bond donors (Lipinski definition) is 1. The third-order valence-corrected chi connectivity index (χ3v) is 3.92. The summed E-state index contributed by atoms with van der Waals surface area (Å²) in [6.45, 7) is 7.29. The SMILES string of the molecule is CCCCC(OC(=O)C(C)Oc1ccc(C)cc1)C(=O)Nc1cc(C)on1. The predicted molar refractivity (Wildman–Crippen MR) is 101 cm³/mol. The molecule has 0 saturated heterocycles. The minimum Gasteiger partial charge on any atom is -0.479 e. The van der Waals surface area contributed by atoms with Crippen LogP contribution in [0.3, 0.4) is 0 Å². The minimum atomic E-state index is -0.918. The molecule has 2 rings (SSSR count). The predicted octanol–water partition coefficient (Wildman–Crippen LogP) is 3.80. The minimum absolute atomic E-state index is 0.291. The van der Waals surface area contributed by atoms with Gasteiger partial charge in [-0.25, -0.2) is 4.79 Å². The molecular formula is C20H26N2O5. The Kier molecular flexibility index (Phi) is 7.40. The van der Waals surface area contributed by atoms with E-state index in [1.807, 2.05) is 26.0 Å². The van der Waals surface area contributed by atoms with Crippen LogP contribution in [-0.2, 0) is 14.3 Å². The first-order chi connectivity index (χ1) is 12.9. The van der Waals surface area contributed by atoms with Crippen molar-refractivity contribution in [1.29, 1.82) is 0 Å². The van der Waals surface area contributed by atoms with Crippen molar-refractivity contribution in [2.24, 2.45) is 0 Å². The van der Waals surface area contributed by atoms with Crippen molar-refractivity contribution < 1.29 is 23.6 Å². The second-order valence-corrected chi connectivity index (χ2v) is 6.45. The molecule has 1 N–H and O–H groups in total. The fourth-order valence-electron chi connectivity index (χ4n) is 2.37. The van der Waals surface area contributed by atoms with E-state index in [-0.39, 0.29) is 0 Å². The number of hydrogen-bond acceptors (Lipinski definition) is 6. The quantitative estimate of drug-likeness (QED) is 0.672. The average molecular weight is 374 g/mol. The Labute approximate surface area is 159 Å². The zero-order chi connectivity index (χ0) is 19.8. The maximum absolute atomic E-state index is 12.5. The number of aryl methyl sites for hydroxylation is 2. The number of nitrogens with zero attached hydrogens (tertiary/aromatic N) is 1. The zero-order valence-electron chi connectivity index (χ0n) is 16.2. The maximum atomic E-state index is 12.5. The van der Waals surface area contributed by atoms with Gasteiger partial charge in [-0.15, -0.1) is 0 Å². The lowest BCUT2D eigenvalue weighted by atomic mass is 10.1. The van der Waals surface area contributed by atoms with E-state index >= 15 is 0 Å². The highest BCUT2D eigenvalue weighted by Gasteiger charge is 2.27. The summed E-state index contributed by atoms with van der Waals surface area (Å²) in [6.07, 6.45) is 0.288. The van der Waals surface area contributed by atoms with Gasteiger partial charge in [-0.2, -0.15) is 0 Å². The van der Waals surface area contributed by atoms with Crippen molar-refractivity contribution in [3.8, 4) is 5.75 Å². The smallest absolute Gasteiger partial charge is 0.347 e. The maximum Gasteiger partial charge on any atom is 0.347 e. The van der Waals surface area contributed by atoms with Gasteiger partial charge in [-0.3, -0.25) is 4.79 Å². The molecule has 7 nitrogen and oxygen atoms in total. The largest absolute Gasteiger partial charge is 0.479 e. The van der Waals surface area contributed by atoms with Gasteiger partial charge in [-0.1, -0.05) is 36.2 Å². The van der Waals surface area contributed by atoms with Gasteiger partial charge in [0.05, 0.1) is 0 Å². The summed E-state index contributed by atoms with van der Waals surface area (Å²) in [7, 11) is 0. The molecule has 1 aromatic carbocycles. The van der Waals surface area contributed by atoms with Gasteiger partial charge in [0, 0.05) is 6.07 Å². The highest BCUT2D eigenvalue weighted by Crippen LogP contribution is 2.16. The summed E-state index contributed by atoms with van der Waals surface area (Å²) in [6, 6.07) is 8.95. The number of anilines is 1. The molecule has 2 unspecified atom stereocenters. The van der Waals surface area contributed by atoms with Gasteiger partial charge < -0.3 is 19.3 Å². The average Bonchev–Trinajstić information content (AvgIpc) is 3.04. The van der Waals surface area contributed by atoms with Crippen molar-refractivity contribution in [2.75, 3.05) is 5.32 Å². The third-order valence-electron chi connectivity index (χ3n) is 3.92. The van der Waals surface area contributed by atoms with E-state index in [1.54, 1.807) is 32.0 Å². The Morgan fingerprint density at radius 1 is 1.22 bits per heavy atom. The summed E-state index contributed by atoms with van der Waals surface area (Å²) in [5.41, 5.74) is 1.09. The normalized spacial score (nSPS) is 12.9. The van der Waals surface area contributed by atoms with E-state index in [0.29, 0.717) is 23.7 Å². The lowest BCUT2D eigenvalue weighted by Gasteiger charge is -2.20. The van der Waals surface area contributed by atoms with Crippen molar-refractivity contribution in [2.45, 2.75) is 59.2 Å². The standard InChI is InChI=1S/C20H26N2O5/c1-5-6-7-17(19(23)21-18-12-14(3)27-22-18)26-20(24)15(4)25-16-10-8-13(2)9-11-16/h8-12,15,17H,5-7H2,1-4H3,(H,21,22,23). The number of nitrogens with one attached hydrogen (secondary N) is 1.